The van der Waals surface area contributed by atoms with Gasteiger partial charge in [0.05, 0.1) is 0 Å². The van der Waals surface area contributed by atoms with Crippen LogP contribution in [-0.4, -0.2) is 60.1 Å². The molecule has 0 atom stereocenters. The average molecular weight is 328 g/mol. The molecule has 6 heteroatoms. The van der Waals surface area contributed by atoms with Gasteiger partial charge in [-0.25, -0.2) is 9.97 Å². The van der Waals surface area contributed by atoms with Gasteiger partial charge in [0, 0.05) is 51.7 Å². The van der Waals surface area contributed by atoms with Gasteiger partial charge in [0.2, 0.25) is 5.95 Å². The van der Waals surface area contributed by atoms with Gasteiger partial charge in [-0.3, -0.25) is 4.99 Å². The van der Waals surface area contributed by atoms with Crippen LogP contribution in [0.25, 0.3) is 0 Å². The van der Waals surface area contributed by atoms with Crippen molar-refractivity contribution in [1.29, 1.82) is 0 Å². The zero-order valence-corrected chi connectivity index (χ0v) is 14.6. The summed E-state index contributed by atoms with van der Waals surface area (Å²) in [7, 11) is 0. The number of hydrogen-bond donors (Lipinski definition) is 1. The standard InChI is InChI=1S/C18H28N6/c1-2-19-16(22-14-18(6-7-18)15-4-5-15)23-10-12-24(13-11-23)17-20-8-3-9-21-17/h3,8-9,15H,2,4-7,10-14H2,1H3,(H,19,22). The monoisotopic (exact) mass is 328 g/mol. The van der Waals surface area contributed by atoms with Crippen LogP contribution in [0.2, 0.25) is 0 Å². The molecule has 3 aliphatic rings. The van der Waals surface area contributed by atoms with Crippen molar-refractivity contribution in [1.82, 2.24) is 20.2 Å². The number of hydrogen-bond acceptors (Lipinski definition) is 4. The molecule has 1 aromatic rings. The molecule has 4 rings (SSSR count). The number of piperazine rings is 1. The van der Waals surface area contributed by atoms with E-state index in [1.165, 1.54) is 25.7 Å². The Morgan fingerprint density at radius 3 is 2.50 bits per heavy atom. The second-order valence-electron chi connectivity index (χ2n) is 7.33. The zero-order valence-electron chi connectivity index (χ0n) is 14.6. The Labute approximate surface area is 144 Å². The third-order valence-corrected chi connectivity index (χ3v) is 5.63. The van der Waals surface area contributed by atoms with E-state index in [-0.39, 0.29) is 0 Å². The van der Waals surface area contributed by atoms with E-state index in [0.717, 1.165) is 57.1 Å². The molecule has 1 aliphatic heterocycles. The molecule has 1 N–H and O–H groups in total. The first-order valence-corrected chi connectivity index (χ1v) is 9.36. The lowest BCUT2D eigenvalue weighted by Crippen LogP contribution is -2.53. The second-order valence-corrected chi connectivity index (χ2v) is 7.33. The smallest absolute Gasteiger partial charge is 0.225 e. The molecular weight excluding hydrogens is 300 g/mol. The maximum absolute atomic E-state index is 5.01. The van der Waals surface area contributed by atoms with Gasteiger partial charge in [-0.1, -0.05) is 0 Å². The molecule has 1 saturated heterocycles. The van der Waals surface area contributed by atoms with Crippen molar-refractivity contribution in [3.05, 3.63) is 18.5 Å². The predicted molar refractivity (Wildman–Crippen MR) is 96.2 cm³/mol. The van der Waals surface area contributed by atoms with Crippen molar-refractivity contribution in [2.45, 2.75) is 32.6 Å². The molecule has 6 nitrogen and oxygen atoms in total. The summed E-state index contributed by atoms with van der Waals surface area (Å²) in [4.78, 5) is 18.4. The van der Waals surface area contributed by atoms with Crippen LogP contribution in [-0.2, 0) is 0 Å². The Hall–Kier alpha value is -1.85. The fraction of sp³-hybridized carbons (Fsp3) is 0.722. The van der Waals surface area contributed by atoms with Crippen molar-refractivity contribution in [2.24, 2.45) is 16.3 Å². The van der Waals surface area contributed by atoms with E-state index < -0.39 is 0 Å². The number of guanidine groups is 1. The van der Waals surface area contributed by atoms with Crippen molar-refractivity contribution < 1.29 is 0 Å². The summed E-state index contributed by atoms with van der Waals surface area (Å²) in [5.74, 6) is 2.90. The Balaban J connectivity index is 1.36. The highest BCUT2D eigenvalue weighted by Gasteiger charge is 2.53. The first-order chi connectivity index (χ1) is 11.8. The van der Waals surface area contributed by atoms with Gasteiger partial charge in [-0.15, -0.1) is 0 Å². The van der Waals surface area contributed by atoms with Crippen LogP contribution in [0.1, 0.15) is 32.6 Å². The summed E-state index contributed by atoms with van der Waals surface area (Å²) in [6, 6.07) is 1.86. The van der Waals surface area contributed by atoms with Crippen LogP contribution in [0, 0.1) is 11.3 Å². The van der Waals surface area contributed by atoms with Crippen LogP contribution in [0.15, 0.2) is 23.5 Å². The molecule has 0 bridgehead atoms. The molecule has 0 aromatic carbocycles. The zero-order chi connectivity index (χ0) is 16.4. The first kappa shape index (κ1) is 15.7. The van der Waals surface area contributed by atoms with Crippen molar-refractivity contribution >= 4 is 11.9 Å². The summed E-state index contributed by atoms with van der Waals surface area (Å²) in [6.45, 7) is 7.93. The summed E-state index contributed by atoms with van der Waals surface area (Å²) in [5, 5.41) is 3.49. The molecule has 3 fully saturated rings. The highest BCUT2D eigenvalue weighted by molar-refractivity contribution is 5.80. The molecule has 0 spiro atoms. The van der Waals surface area contributed by atoms with Gasteiger partial charge in [0.25, 0.3) is 0 Å². The third-order valence-electron chi connectivity index (χ3n) is 5.63. The number of aromatic nitrogens is 2. The van der Waals surface area contributed by atoms with E-state index >= 15 is 0 Å². The topological polar surface area (TPSA) is 56.7 Å². The molecule has 0 radical (unpaired) electrons. The summed E-state index contributed by atoms with van der Waals surface area (Å²) in [6.07, 6.45) is 9.27. The predicted octanol–water partition coefficient (Wildman–Crippen LogP) is 1.75. The maximum atomic E-state index is 5.01. The van der Waals surface area contributed by atoms with Crippen molar-refractivity contribution in [2.75, 3.05) is 44.2 Å². The highest BCUT2D eigenvalue weighted by Crippen LogP contribution is 2.61. The molecule has 2 aliphatic carbocycles. The Morgan fingerprint density at radius 1 is 1.21 bits per heavy atom. The molecule has 2 heterocycles. The minimum Gasteiger partial charge on any atom is -0.357 e. The van der Waals surface area contributed by atoms with Crippen LogP contribution in [0.4, 0.5) is 5.95 Å². The Morgan fingerprint density at radius 2 is 1.92 bits per heavy atom. The van der Waals surface area contributed by atoms with Gasteiger partial charge < -0.3 is 15.1 Å². The van der Waals surface area contributed by atoms with E-state index in [2.05, 4.69) is 32.0 Å². The third kappa shape index (κ3) is 3.32. The second kappa shape index (κ2) is 6.57. The van der Waals surface area contributed by atoms with Gasteiger partial charge in [-0.2, -0.15) is 0 Å². The number of aliphatic imine (C=N–C) groups is 1. The largest absolute Gasteiger partial charge is 0.357 e. The number of rotatable bonds is 5. The van der Waals surface area contributed by atoms with Crippen LogP contribution < -0.4 is 10.2 Å². The fourth-order valence-corrected chi connectivity index (χ4v) is 3.78. The molecule has 0 unspecified atom stereocenters. The molecule has 130 valence electrons. The SMILES string of the molecule is CCNC(=NCC1(C2CC2)CC1)N1CCN(c2ncccn2)CC1. The summed E-state index contributed by atoms with van der Waals surface area (Å²) < 4.78 is 0. The molecule has 0 amide bonds. The summed E-state index contributed by atoms with van der Waals surface area (Å²) >= 11 is 0. The number of anilines is 1. The van der Waals surface area contributed by atoms with E-state index in [9.17, 15) is 0 Å². The number of nitrogens with one attached hydrogen (secondary N) is 1. The lowest BCUT2D eigenvalue weighted by molar-refractivity contribution is 0.365. The lowest BCUT2D eigenvalue weighted by Gasteiger charge is -2.36. The maximum Gasteiger partial charge on any atom is 0.225 e. The van der Waals surface area contributed by atoms with E-state index in [0.29, 0.717) is 5.41 Å². The van der Waals surface area contributed by atoms with Crippen LogP contribution >= 0.6 is 0 Å². The van der Waals surface area contributed by atoms with E-state index in [4.69, 9.17) is 4.99 Å². The Bertz CT molecular complexity index is 570. The molecule has 2 saturated carbocycles. The van der Waals surface area contributed by atoms with Gasteiger partial charge in [-0.05, 0) is 50.0 Å². The minimum atomic E-state index is 0.570. The Kier molecular flexibility index (Phi) is 4.29. The minimum absolute atomic E-state index is 0.570. The normalized spacial score (nSPS) is 23.3. The van der Waals surface area contributed by atoms with Gasteiger partial charge >= 0.3 is 0 Å². The highest BCUT2D eigenvalue weighted by atomic mass is 15.4. The molecule has 1 aromatic heterocycles. The summed E-state index contributed by atoms with van der Waals surface area (Å²) in [5.41, 5.74) is 0.570. The lowest BCUT2D eigenvalue weighted by atomic mass is 10.0. The van der Waals surface area contributed by atoms with Gasteiger partial charge in [0.1, 0.15) is 0 Å². The molecule has 24 heavy (non-hydrogen) atoms. The van der Waals surface area contributed by atoms with Crippen LogP contribution in [0.3, 0.4) is 0 Å². The van der Waals surface area contributed by atoms with Crippen molar-refractivity contribution in [3.63, 3.8) is 0 Å². The fourth-order valence-electron chi connectivity index (χ4n) is 3.78. The van der Waals surface area contributed by atoms with Crippen LogP contribution in [0.5, 0.6) is 0 Å². The molecular formula is C18H28N6. The van der Waals surface area contributed by atoms with E-state index in [1.54, 1.807) is 0 Å². The van der Waals surface area contributed by atoms with E-state index in [1.807, 2.05) is 18.5 Å². The quantitative estimate of drug-likeness (QED) is 0.659. The van der Waals surface area contributed by atoms with Crippen molar-refractivity contribution in [3.8, 4) is 0 Å². The average Bonchev–Trinajstić information content (AvgIpc) is 3.53. The van der Waals surface area contributed by atoms with Gasteiger partial charge in [0.15, 0.2) is 5.96 Å². The first-order valence-electron chi connectivity index (χ1n) is 9.36. The number of nitrogens with zero attached hydrogens (tertiary/aromatic N) is 5.